The van der Waals surface area contributed by atoms with Crippen molar-refractivity contribution in [1.82, 2.24) is 10.6 Å². The quantitative estimate of drug-likeness (QED) is 0.808. The molecule has 1 rings (SSSR count). The van der Waals surface area contributed by atoms with Crippen LogP contribution in [0, 0.1) is 0 Å². The fraction of sp³-hybridized carbons (Fsp3) is 0.500. The largest absolute Gasteiger partial charge is 0.483 e. The molecule has 19 heavy (non-hydrogen) atoms. The summed E-state index contributed by atoms with van der Waals surface area (Å²) in [6.07, 6.45) is 0.897. The molecule has 0 saturated heterocycles. The van der Waals surface area contributed by atoms with Gasteiger partial charge in [0, 0.05) is 23.2 Å². The lowest BCUT2D eigenvalue weighted by Gasteiger charge is -2.14. The van der Waals surface area contributed by atoms with E-state index in [1.807, 2.05) is 33.0 Å². The summed E-state index contributed by atoms with van der Waals surface area (Å²) in [5, 5.41) is 6.52. The van der Waals surface area contributed by atoms with Crippen molar-refractivity contribution < 1.29 is 9.53 Å². The lowest BCUT2D eigenvalue weighted by molar-refractivity contribution is -0.123. The predicted molar refractivity (Wildman–Crippen MR) is 77.6 cm³/mol. The van der Waals surface area contributed by atoms with Gasteiger partial charge in [0.1, 0.15) is 5.75 Å². The van der Waals surface area contributed by atoms with Gasteiger partial charge in [-0.2, -0.15) is 0 Å². The Morgan fingerprint density at radius 1 is 1.47 bits per heavy atom. The molecule has 1 unspecified atom stereocenters. The Balaban J connectivity index is 2.62. The number of benzene rings is 1. The Hall–Kier alpha value is -1.26. The number of ether oxygens (including phenoxy) is 1. The van der Waals surface area contributed by atoms with E-state index in [0.29, 0.717) is 17.3 Å². The summed E-state index contributed by atoms with van der Waals surface area (Å²) in [5.41, 5.74) is 0.864. The van der Waals surface area contributed by atoms with Gasteiger partial charge in [-0.15, -0.1) is 0 Å². The van der Waals surface area contributed by atoms with Gasteiger partial charge in [-0.3, -0.25) is 4.79 Å². The molecule has 0 radical (unpaired) electrons. The second-order valence-electron chi connectivity index (χ2n) is 4.41. The number of amides is 1. The van der Waals surface area contributed by atoms with E-state index in [2.05, 4.69) is 10.6 Å². The Kier molecular flexibility index (Phi) is 6.67. The summed E-state index contributed by atoms with van der Waals surface area (Å²) in [4.78, 5) is 11.7. The molecule has 0 aliphatic carbocycles. The maximum Gasteiger partial charge on any atom is 0.258 e. The normalized spacial score (nSPS) is 12.0. The molecule has 5 heteroatoms. The Bertz CT molecular complexity index is 424. The van der Waals surface area contributed by atoms with E-state index in [4.69, 9.17) is 16.3 Å². The van der Waals surface area contributed by atoms with E-state index in [1.165, 1.54) is 0 Å². The molecule has 0 aliphatic heterocycles. The first-order valence-electron chi connectivity index (χ1n) is 6.42. The van der Waals surface area contributed by atoms with E-state index in [9.17, 15) is 4.79 Å². The highest BCUT2D eigenvalue weighted by atomic mass is 35.5. The second kappa shape index (κ2) is 8.02. The molecule has 0 saturated carbocycles. The van der Waals surface area contributed by atoms with Crippen LogP contribution in [-0.2, 0) is 11.3 Å². The van der Waals surface area contributed by atoms with Crippen LogP contribution in [0.3, 0.4) is 0 Å². The van der Waals surface area contributed by atoms with Crippen molar-refractivity contribution in [2.24, 2.45) is 0 Å². The molecule has 0 aliphatic rings. The van der Waals surface area contributed by atoms with E-state index in [0.717, 1.165) is 12.0 Å². The SMILES string of the molecule is CCC(C)NC(=O)COc1cccc(Cl)c1CNC. The van der Waals surface area contributed by atoms with Crippen molar-refractivity contribution in [3.8, 4) is 5.75 Å². The molecular formula is C14H21ClN2O2. The average Bonchev–Trinajstić information content (AvgIpc) is 2.39. The molecule has 2 N–H and O–H groups in total. The molecule has 0 bridgehead atoms. The second-order valence-corrected chi connectivity index (χ2v) is 4.82. The lowest BCUT2D eigenvalue weighted by atomic mass is 10.2. The number of nitrogens with one attached hydrogen (secondary N) is 2. The number of hydrogen-bond acceptors (Lipinski definition) is 3. The van der Waals surface area contributed by atoms with Crippen molar-refractivity contribution >= 4 is 17.5 Å². The van der Waals surface area contributed by atoms with Gasteiger partial charge in [-0.1, -0.05) is 24.6 Å². The van der Waals surface area contributed by atoms with Crippen LogP contribution in [0.5, 0.6) is 5.75 Å². The molecule has 1 aromatic carbocycles. The predicted octanol–water partition coefficient (Wildman–Crippen LogP) is 2.35. The van der Waals surface area contributed by atoms with Crippen molar-refractivity contribution in [2.45, 2.75) is 32.9 Å². The van der Waals surface area contributed by atoms with Gasteiger partial charge in [-0.05, 0) is 32.5 Å². The summed E-state index contributed by atoms with van der Waals surface area (Å²) in [6.45, 7) is 4.58. The number of rotatable bonds is 7. The molecule has 1 amide bonds. The molecule has 0 spiro atoms. The highest BCUT2D eigenvalue weighted by molar-refractivity contribution is 6.31. The summed E-state index contributed by atoms with van der Waals surface area (Å²) < 4.78 is 5.54. The first kappa shape index (κ1) is 15.8. The third kappa shape index (κ3) is 5.09. The van der Waals surface area contributed by atoms with Gasteiger partial charge in [0.25, 0.3) is 5.91 Å². The Morgan fingerprint density at radius 2 is 2.21 bits per heavy atom. The van der Waals surface area contributed by atoms with Crippen LogP contribution >= 0.6 is 11.6 Å². The van der Waals surface area contributed by atoms with E-state index >= 15 is 0 Å². The van der Waals surface area contributed by atoms with Crippen molar-refractivity contribution in [3.05, 3.63) is 28.8 Å². The van der Waals surface area contributed by atoms with Crippen LogP contribution in [0.4, 0.5) is 0 Å². The van der Waals surface area contributed by atoms with Crippen LogP contribution < -0.4 is 15.4 Å². The van der Waals surface area contributed by atoms with Crippen molar-refractivity contribution in [2.75, 3.05) is 13.7 Å². The van der Waals surface area contributed by atoms with Gasteiger partial charge in [0.05, 0.1) is 0 Å². The third-order valence-electron chi connectivity index (χ3n) is 2.81. The van der Waals surface area contributed by atoms with Gasteiger partial charge in [0.2, 0.25) is 0 Å². The summed E-state index contributed by atoms with van der Waals surface area (Å²) in [7, 11) is 1.84. The highest BCUT2D eigenvalue weighted by Gasteiger charge is 2.10. The fourth-order valence-corrected chi connectivity index (χ4v) is 1.82. The number of carbonyl (C=O) groups is 1. The maximum absolute atomic E-state index is 11.7. The van der Waals surface area contributed by atoms with Crippen LogP contribution in [0.15, 0.2) is 18.2 Å². The molecule has 1 aromatic rings. The number of hydrogen-bond donors (Lipinski definition) is 2. The summed E-state index contributed by atoms with van der Waals surface area (Å²) in [6, 6.07) is 5.59. The van der Waals surface area contributed by atoms with Gasteiger partial charge < -0.3 is 15.4 Å². The minimum absolute atomic E-state index is 0.00139. The van der Waals surface area contributed by atoms with Gasteiger partial charge in [0.15, 0.2) is 6.61 Å². The van der Waals surface area contributed by atoms with Crippen LogP contribution in [-0.4, -0.2) is 25.6 Å². The summed E-state index contributed by atoms with van der Waals surface area (Å²) in [5.74, 6) is 0.519. The Labute approximate surface area is 119 Å². The van der Waals surface area contributed by atoms with E-state index in [-0.39, 0.29) is 18.6 Å². The number of carbonyl (C=O) groups excluding carboxylic acids is 1. The molecular weight excluding hydrogens is 264 g/mol. The first-order valence-corrected chi connectivity index (χ1v) is 6.80. The van der Waals surface area contributed by atoms with Gasteiger partial charge >= 0.3 is 0 Å². The molecule has 0 aromatic heterocycles. The smallest absolute Gasteiger partial charge is 0.258 e. The van der Waals surface area contributed by atoms with Crippen molar-refractivity contribution in [1.29, 1.82) is 0 Å². The molecule has 106 valence electrons. The zero-order chi connectivity index (χ0) is 14.3. The molecule has 0 heterocycles. The highest BCUT2D eigenvalue weighted by Crippen LogP contribution is 2.26. The topological polar surface area (TPSA) is 50.4 Å². The maximum atomic E-state index is 11.7. The fourth-order valence-electron chi connectivity index (χ4n) is 1.58. The zero-order valence-corrected chi connectivity index (χ0v) is 12.4. The van der Waals surface area contributed by atoms with E-state index < -0.39 is 0 Å². The molecule has 1 atom stereocenters. The van der Waals surface area contributed by atoms with Crippen LogP contribution in [0.2, 0.25) is 5.02 Å². The zero-order valence-electron chi connectivity index (χ0n) is 11.6. The molecule has 4 nitrogen and oxygen atoms in total. The van der Waals surface area contributed by atoms with E-state index in [1.54, 1.807) is 6.07 Å². The standard InChI is InChI=1S/C14H21ClN2O2/c1-4-10(2)17-14(18)9-19-13-7-5-6-12(15)11(13)8-16-3/h5-7,10,16H,4,8-9H2,1-3H3,(H,17,18). The lowest BCUT2D eigenvalue weighted by Crippen LogP contribution is -2.35. The summed E-state index contributed by atoms with van der Waals surface area (Å²) >= 11 is 6.11. The average molecular weight is 285 g/mol. The molecule has 0 fully saturated rings. The Morgan fingerprint density at radius 3 is 2.84 bits per heavy atom. The van der Waals surface area contributed by atoms with Crippen LogP contribution in [0.1, 0.15) is 25.8 Å². The first-order chi connectivity index (χ1) is 9.08. The number of halogens is 1. The minimum atomic E-state index is -0.121. The van der Waals surface area contributed by atoms with Crippen LogP contribution in [0.25, 0.3) is 0 Å². The van der Waals surface area contributed by atoms with Crippen molar-refractivity contribution in [3.63, 3.8) is 0 Å². The third-order valence-corrected chi connectivity index (χ3v) is 3.16. The van der Waals surface area contributed by atoms with Gasteiger partial charge in [-0.25, -0.2) is 0 Å². The monoisotopic (exact) mass is 284 g/mol. The minimum Gasteiger partial charge on any atom is -0.483 e.